The van der Waals surface area contributed by atoms with Crippen molar-refractivity contribution < 1.29 is 14.7 Å². The summed E-state index contributed by atoms with van der Waals surface area (Å²) in [5.74, 6) is 0.0623. The molecular weight excluding hydrogens is 278 g/mol. The zero-order valence-electron chi connectivity index (χ0n) is 11.6. The van der Waals surface area contributed by atoms with Crippen LogP contribution in [0.25, 0.3) is 0 Å². The van der Waals surface area contributed by atoms with Crippen molar-refractivity contribution in [1.82, 2.24) is 15.2 Å². The molecule has 1 aliphatic heterocycles. The van der Waals surface area contributed by atoms with E-state index >= 15 is 0 Å². The van der Waals surface area contributed by atoms with Crippen LogP contribution < -0.4 is 5.32 Å². The Hall–Kier alpha value is -1.63. The van der Waals surface area contributed by atoms with Crippen molar-refractivity contribution in [1.29, 1.82) is 0 Å². The van der Waals surface area contributed by atoms with Crippen molar-refractivity contribution in [3.63, 3.8) is 0 Å². The Labute approximate surface area is 121 Å². The number of nitrogens with zero attached hydrogens (tertiary/aromatic N) is 2. The Morgan fingerprint density at radius 1 is 1.45 bits per heavy atom. The minimum absolute atomic E-state index is 0.0452. The molecule has 2 rings (SSSR count). The number of carbonyl (C=O) groups excluding carboxylic acids is 1. The Morgan fingerprint density at radius 3 is 2.65 bits per heavy atom. The fourth-order valence-corrected chi connectivity index (χ4v) is 2.98. The van der Waals surface area contributed by atoms with E-state index in [1.165, 1.54) is 16.7 Å². The number of nitrogens with one attached hydrogen (secondary N) is 1. The molecule has 0 radical (unpaired) electrons. The molecular formula is C13H19N3O3S. The summed E-state index contributed by atoms with van der Waals surface area (Å²) in [6.07, 6.45) is 0.558. The van der Waals surface area contributed by atoms with E-state index in [2.05, 4.69) is 24.1 Å². The van der Waals surface area contributed by atoms with Gasteiger partial charge in [0.15, 0.2) is 5.69 Å². The van der Waals surface area contributed by atoms with Gasteiger partial charge < -0.3 is 15.3 Å². The molecule has 1 aliphatic rings. The van der Waals surface area contributed by atoms with Crippen LogP contribution in [0.15, 0.2) is 5.38 Å². The number of hydrogen-bond acceptors (Lipinski definition) is 4. The smallest absolute Gasteiger partial charge is 0.355 e. The molecule has 1 aromatic heterocycles. The van der Waals surface area contributed by atoms with Crippen molar-refractivity contribution >= 4 is 23.3 Å². The third-order valence-corrected chi connectivity index (χ3v) is 4.57. The number of carboxylic acids is 1. The molecule has 20 heavy (non-hydrogen) atoms. The van der Waals surface area contributed by atoms with Crippen LogP contribution in [0.5, 0.6) is 0 Å². The van der Waals surface area contributed by atoms with Crippen LogP contribution in [0.3, 0.4) is 0 Å². The highest BCUT2D eigenvalue weighted by Gasteiger charge is 2.28. The Balaban J connectivity index is 1.75. The number of aromatic carboxylic acids is 1. The highest BCUT2D eigenvalue weighted by molar-refractivity contribution is 7.09. The number of carbonyl (C=O) groups is 2. The van der Waals surface area contributed by atoms with Gasteiger partial charge >= 0.3 is 12.0 Å². The van der Waals surface area contributed by atoms with Crippen molar-refractivity contribution in [2.24, 2.45) is 11.8 Å². The number of aromatic nitrogens is 1. The molecule has 2 atom stereocenters. The summed E-state index contributed by atoms with van der Waals surface area (Å²) in [5, 5.41) is 13.9. The first-order valence-electron chi connectivity index (χ1n) is 6.68. The standard InChI is InChI=1S/C13H19N3O3S/c1-8-5-16(6-9(8)2)13(19)14-4-3-11-15-10(7-20-11)12(17)18/h7-9H,3-6H2,1-2H3,(H,14,19)(H,17,18). The molecule has 2 amide bonds. The fourth-order valence-electron chi connectivity index (χ4n) is 2.21. The van der Waals surface area contributed by atoms with Gasteiger partial charge in [-0.3, -0.25) is 0 Å². The molecule has 0 saturated carbocycles. The van der Waals surface area contributed by atoms with Gasteiger partial charge in [0.1, 0.15) is 0 Å². The summed E-state index contributed by atoms with van der Waals surface area (Å²) >= 11 is 1.31. The predicted octanol–water partition coefficient (Wildman–Crippen LogP) is 1.68. The highest BCUT2D eigenvalue weighted by Crippen LogP contribution is 2.21. The van der Waals surface area contributed by atoms with Crippen LogP contribution in [-0.4, -0.2) is 46.6 Å². The van der Waals surface area contributed by atoms with Crippen molar-refractivity contribution in [2.45, 2.75) is 20.3 Å². The molecule has 6 nitrogen and oxygen atoms in total. The Bertz CT molecular complexity index is 493. The van der Waals surface area contributed by atoms with Crippen LogP contribution in [0, 0.1) is 11.8 Å². The van der Waals surface area contributed by atoms with Gasteiger partial charge in [0, 0.05) is 31.4 Å². The van der Waals surface area contributed by atoms with Gasteiger partial charge in [-0.15, -0.1) is 11.3 Å². The molecule has 2 N–H and O–H groups in total. The molecule has 1 saturated heterocycles. The molecule has 110 valence electrons. The maximum absolute atomic E-state index is 11.9. The number of thiazole rings is 1. The lowest BCUT2D eigenvalue weighted by Crippen LogP contribution is -2.39. The second-order valence-electron chi connectivity index (χ2n) is 5.27. The van der Waals surface area contributed by atoms with Crippen LogP contribution >= 0.6 is 11.3 Å². The molecule has 0 bridgehead atoms. The lowest BCUT2D eigenvalue weighted by atomic mass is 10.0. The van der Waals surface area contributed by atoms with E-state index in [1.54, 1.807) is 0 Å². The molecule has 1 aromatic rings. The average Bonchev–Trinajstić information content (AvgIpc) is 2.98. The highest BCUT2D eigenvalue weighted by atomic mass is 32.1. The molecule has 0 aromatic carbocycles. The van der Waals surface area contributed by atoms with Gasteiger partial charge in [-0.1, -0.05) is 13.8 Å². The summed E-state index contributed by atoms with van der Waals surface area (Å²) < 4.78 is 0. The topological polar surface area (TPSA) is 82.5 Å². The number of rotatable bonds is 4. The zero-order valence-corrected chi connectivity index (χ0v) is 12.4. The van der Waals surface area contributed by atoms with Crippen LogP contribution in [0.1, 0.15) is 29.3 Å². The molecule has 2 unspecified atom stereocenters. The van der Waals surface area contributed by atoms with E-state index in [0.29, 0.717) is 24.8 Å². The summed E-state index contributed by atoms with van der Waals surface area (Å²) in [7, 11) is 0. The van der Waals surface area contributed by atoms with E-state index in [9.17, 15) is 9.59 Å². The first kappa shape index (κ1) is 14.8. The Kier molecular flexibility index (Phi) is 4.59. The molecule has 7 heteroatoms. The maximum Gasteiger partial charge on any atom is 0.355 e. The number of likely N-dealkylation sites (tertiary alicyclic amines) is 1. The van der Waals surface area contributed by atoms with Gasteiger partial charge in [0.2, 0.25) is 0 Å². The van der Waals surface area contributed by atoms with Crippen molar-refractivity contribution in [3.8, 4) is 0 Å². The van der Waals surface area contributed by atoms with Crippen LogP contribution in [0.4, 0.5) is 4.79 Å². The van der Waals surface area contributed by atoms with Gasteiger partial charge in [0.25, 0.3) is 0 Å². The monoisotopic (exact) mass is 297 g/mol. The largest absolute Gasteiger partial charge is 0.476 e. The third-order valence-electron chi connectivity index (χ3n) is 3.66. The van der Waals surface area contributed by atoms with Crippen molar-refractivity contribution in [2.75, 3.05) is 19.6 Å². The molecule has 0 aliphatic carbocycles. The van der Waals surface area contributed by atoms with E-state index in [4.69, 9.17) is 5.11 Å². The van der Waals surface area contributed by atoms with Gasteiger partial charge in [0.05, 0.1) is 5.01 Å². The lowest BCUT2D eigenvalue weighted by molar-refractivity contribution is 0.0691. The summed E-state index contributed by atoms with van der Waals surface area (Å²) in [5.41, 5.74) is 0.0681. The average molecular weight is 297 g/mol. The third kappa shape index (κ3) is 3.47. The predicted molar refractivity (Wildman–Crippen MR) is 76.1 cm³/mol. The second-order valence-corrected chi connectivity index (χ2v) is 6.22. The van der Waals surface area contributed by atoms with E-state index in [1.807, 2.05) is 4.90 Å². The normalized spacial score (nSPS) is 22.0. The number of hydrogen-bond donors (Lipinski definition) is 2. The maximum atomic E-state index is 11.9. The molecule has 2 heterocycles. The van der Waals surface area contributed by atoms with E-state index in [0.717, 1.165) is 18.1 Å². The number of amides is 2. The molecule has 1 fully saturated rings. The molecule has 0 spiro atoms. The zero-order chi connectivity index (χ0) is 14.7. The van der Waals surface area contributed by atoms with Gasteiger partial charge in [-0.05, 0) is 11.8 Å². The minimum Gasteiger partial charge on any atom is -0.476 e. The summed E-state index contributed by atoms with van der Waals surface area (Å²) in [6, 6.07) is -0.0452. The first-order valence-corrected chi connectivity index (χ1v) is 7.55. The summed E-state index contributed by atoms with van der Waals surface area (Å²) in [6.45, 7) is 6.38. The SMILES string of the molecule is CC1CN(C(=O)NCCc2nc(C(=O)O)cs2)CC1C. The van der Waals surface area contributed by atoms with Gasteiger partial charge in [-0.25, -0.2) is 14.6 Å². The van der Waals surface area contributed by atoms with Crippen molar-refractivity contribution in [3.05, 3.63) is 16.1 Å². The fraction of sp³-hybridized carbons (Fsp3) is 0.615. The lowest BCUT2D eigenvalue weighted by Gasteiger charge is -2.16. The quantitative estimate of drug-likeness (QED) is 0.886. The van der Waals surface area contributed by atoms with Crippen LogP contribution in [-0.2, 0) is 6.42 Å². The minimum atomic E-state index is -1.02. The number of carboxylic acid groups (broad SMARTS) is 1. The van der Waals surface area contributed by atoms with E-state index < -0.39 is 5.97 Å². The summed E-state index contributed by atoms with van der Waals surface area (Å²) in [4.78, 5) is 28.5. The van der Waals surface area contributed by atoms with Gasteiger partial charge in [-0.2, -0.15) is 0 Å². The van der Waals surface area contributed by atoms with E-state index in [-0.39, 0.29) is 11.7 Å². The Morgan fingerprint density at radius 2 is 2.10 bits per heavy atom. The number of urea groups is 1. The second kappa shape index (κ2) is 6.21. The first-order chi connectivity index (χ1) is 9.47. The van der Waals surface area contributed by atoms with Crippen LogP contribution in [0.2, 0.25) is 0 Å².